The van der Waals surface area contributed by atoms with E-state index in [9.17, 15) is 13.2 Å². The molecule has 1 aromatic carbocycles. The molecule has 0 spiro atoms. The third kappa shape index (κ3) is 4.00. The van der Waals surface area contributed by atoms with E-state index in [1.807, 2.05) is 17.9 Å². The Hall–Kier alpha value is -1.95. The van der Waals surface area contributed by atoms with Crippen LogP contribution >= 0.6 is 0 Å². The SMILES string of the molecule is C[C@H](C(=O)NC1CC1)N1CCN(S(=O)(=O)c2cccc(C#N)c2)CC1. The van der Waals surface area contributed by atoms with Crippen LogP contribution in [-0.2, 0) is 14.8 Å². The summed E-state index contributed by atoms with van der Waals surface area (Å²) < 4.78 is 26.9. The summed E-state index contributed by atoms with van der Waals surface area (Å²) in [4.78, 5) is 14.3. The average molecular weight is 362 g/mol. The molecule has 3 rings (SSSR count). The molecule has 2 aliphatic rings. The van der Waals surface area contributed by atoms with Crippen LogP contribution in [-0.4, -0.2) is 61.8 Å². The lowest BCUT2D eigenvalue weighted by Gasteiger charge is -2.36. The van der Waals surface area contributed by atoms with E-state index in [2.05, 4.69) is 5.32 Å². The Balaban J connectivity index is 1.62. The van der Waals surface area contributed by atoms with Crippen LogP contribution in [0, 0.1) is 11.3 Å². The quantitative estimate of drug-likeness (QED) is 0.825. The van der Waals surface area contributed by atoms with E-state index in [4.69, 9.17) is 5.26 Å². The van der Waals surface area contributed by atoms with Gasteiger partial charge in [0.15, 0.2) is 0 Å². The minimum atomic E-state index is -3.62. The van der Waals surface area contributed by atoms with Crippen LogP contribution in [0.1, 0.15) is 25.3 Å². The molecular weight excluding hydrogens is 340 g/mol. The minimum Gasteiger partial charge on any atom is -0.352 e. The number of nitriles is 1. The van der Waals surface area contributed by atoms with Crippen LogP contribution in [0.4, 0.5) is 0 Å². The third-order valence-corrected chi connectivity index (χ3v) is 6.62. The number of amides is 1. The van der Waals surface area contributed by atoms with Crippen molar-refractivity contribution in [3.05, 3.63) is 29.8 Å². The van der Waals surface area contributed by atoms with Gasteiger partial charge in [0, 0.05) is 32.2 Å². The number of nitrogens with one attached hydrogen (secondary N) is 1. The number of nitrogens with zero attached hydrogens (tertiary/aromatic N) is 3. The van der Waals surface area contributed by atoms with E-state index in [0.717, 1.165) is 12.8 Å². The lowest BCUT2D eigenvalue weighted by molar-refractivity contribution is -0.126. The van der Waals surface area contributed by atoms with Gasteiger partial charge in [-0.05, 0) is 38.0 Å². The van der Waals surface area contributed by atoms with Crippen molar-refractivity contribution >= 4 is 15.9 Å². The number of piperazine rings is 1. The zero-order chi connectivity index (χ0) is 18.0. The Morgan fingerprint density at radius 2 is 1.96 bits per heavy atom. The number of sulfonamides is 1. The summed E-state index contributed by atoms with van der Waals surface area (Å²) in [5.74, 6) is 0.0144. The predicted molar refractivity (Wildman–Crippen MR) is 92.1 cm³/mol. The summed E-state index contributed by atoms with van der Waals surface area (Å²) in [6.45, 7) is 3.55. The molecule has 0 bridgehead atoms. The van der Waals surface area contributed by atoms with Crippen molar-refractivity contribution in [2.45, 2.75) is 36.7 Å². The van der Waals surface area contributed by atoms with Crippen LogP contribution < -0.4 is 5.32 Å². The molecule has 0 unspecified atom stereocenters. The van der Waals surface area contributed by atoms with Crippen molar-refractivity contribution in [2.75, 3.05) is 26.2 Å². The smallest absolute Gasteiger partial charge is 0.243 e. The standard InChI is InChI=1S/C17H22N4O3S/c1-13(17(22)19-15-5-6-15)20-7-9-21(10-8-20)25(23,24)16-4-2-3-14(11-16)12-18/h2-4,11,13,15H,5-10H2,1H3,(H,19,22)/t13-/m1/s1. The first-order chi connectivity index (χ1) is 11.9. The van der Waals surface area contributed by atoms with Crippen LogP contribution in [0.3, 0.4) is 0 Å². The molecule has 0 radical (unpaired) electrons. The van der Waals surface area contributed by atoms with Crippen molar-refractivity contribution in [3.63, 3.8) is 0 Å². The van der Waals surface area contributed by atoms with Crippen LogP contribution in [0.5, 0.6) is 0 Å². The monoisotopic (exact) mass is 362 g/mol. The average Bonchev–Trinajstić information content (AvgIpc) is 3.45. The molecule has 25 heavy (non-hydrogen) atoms. The van der Waals surface area contributed by atoms with Gasteiger partial charge in [-0.15, -0.1) is 0 Å². The number of hydrogen-bond acceptors (Lipinski definition) is 5. The molecular formula is C17H22N4O3S. The summed E-state index contributed by atoms with van der Waals surface area (Å²) in [5.41, 5.74) is 0.324. The molecule has 1 saturated carbocycles. The molecule has 1 N–H and O–H groups in total. The maximum Gasteiger partial charge on any atom is 0.243 e. The van der Waals surface area contributed by atoms with Gasteiger partial charge in [0.2, 0.25) is 15.9 Å². The molecule has 8 heteroatoms. The first kappa shape index (κ1) is 17.9. The third-order valence-electron chi connectivity index (χ3n) is 4.73. The van der Waals surface area contributed by atoms with Gasteiger partial charge in [0.25, 0.3) is 0 Å². The van der Waals surface area contributed by atoms with E-state index in [1.54, 1.807) is 12.1 Å². The van der Waals surface area contributed by atoms with Gasteiger partial charge >= 0.3 is 0 Å². The topological polar surface area (TPSA) is 93.5 Å². The summed E-state index contributed by atoms with van der Waals surface area (Å²) in [6, 6.07) is 8.09. The van der Waals surface area contributed by atoms with Gasteiger partial charge in [-0.3, -0.25) is 9.69 Å². The summed E-state index contributed by atoms with van der Waals surface area (Å²) in [6.07, 6.45) is 2.10. The normalized spacial score (nSPS) is 20.6. The maximum absolute atomic E-state index is 12.7. The fourth-order valence-electron chi connectivity index (χ4n) is 2.92. The molecule has 7 nitrogen and oxygen atoms in total. The first-order valence-corrected chi connectivity index (χ1v) is 9.90. The number of carbonyl (C=O) groups is 1. The van der Waals surface area contributed by atoms with Gasteiger partial charge in [-0.2, -0.15) is 9.57 Å². The summed E-state index contributed by atoms with van der Waals surface area (Å²) >= 11 is 0. The van der Waals surface area contributed by atoms with E-state index in [0.29, 0.717) is 37.8 Å². The zero-order valence-electron chi connectivity index (χ0n) is 14.2. The van der Waals surface area contributed by atoms with Gasteiger partial charge in [-0.1, -0.05) is 6.07 Å². The summed E-state index contributed by atoms with van der Waals surface area (Å²) in [7, 11) is -3.62. The molecule has 1 aliphatic carbocycles. The van der Waals surface area contributed by atoms with Gasteiger partial charge in [-0.25, -0.2) is 8.42 Å². The van der Waals surface area contributed by atoms with Crippen molar-refractivity contribution in [1.29, 1.82) is 5.26 Å². The van der Waals surface area contributed by atoms with E-state index < -0.39 is 10.0 Å². The molecule has 2 fully saturated rings. The Morgan fingerprint density at radius 1 is 1.28 bits per heavy atom. The Labute approximate surface area is 148 Å². The Bertz CT molecular complexity index is 790. The Morgan fingerprint density at radius 3 is 2.56 bits per heavy atom. The summed E-state index contributed by atoms with van der Waals surface area (Å²) in [5, 5.41) is 11.9. The largest absolute Gasteiger partial charge is 0.352 e. The molecule has 1 atom stereocenters. The van der Waals surface area contributed by atoms with Crippen molar-refractivity contribution < 1.29 is 13.2 Å². The number of rotatable bonds is 5. The van der Waals surface area contributed by atoms with Crippen LogP contribution in [0.2, 0.25) is 0 Å². The highest BCUT2D eigenvalue weighted by atomic mass is 32.2. The lowest BCUT2D eigenvalue weighted by Crippen LogP contribution is -2.55. The molecule has 1 heterocycles. The van der Waals surface area contributed by atoms with E-state index in [1.165, 1.54) is 16.4 Å². The number of benzene rings is 1. The fraction of sp³-hybridized carbons (Fsp3) is 0.529. The van der Waals surface area contributed by atoms with E-state index >= 15 is 0 Å². The fourth-order valence-corrected chi connectivity index (χ4v) is 4.39. The predicted octanol–water partition coefficient (Wildman–Crippen LogP) is 0.532. The van der Waals surface area contributed by atoms with Gasteiger partial charge in [0.1, 0.15) is 0 Å². The van der Waals surface area contributed by atoms with Gasteiger partial charge < -0.3 is 5.32 Å². The Kier molecular flexibility index (Phi) is 5.08. The van der Waals surface area contributed by atoms with Gasteiger partial charge in [0.05, 0.1) is 22.6 Å². The van der Waals surface area contributed by atoms with E-state index in [-0.39, 0.29) is 16.8 Å². The van der Waals surface area contributed by atoms with Crippen molar-refractivity contribution in [1.82, 2.24) is 14.5 Å². The molecule has 1 aromatic rings. The maximum atomic E-state index is 12.7. The molecule has 134 valence electrons. The lowest BCUT2D eigenvalue weighted by atomic mass is 10.2. The van der Waals surface area contributed by atoms with Crippen molar-refractivity contribution in [2.24, 2.45) is 0 Å². The molecule has 1 aliphatic heterocycles. The molecule has 0 aromatic heterocycles. The second-order valence-electron chi connectivity index (χ2n) is 6.54. The highest BCUT2D eigenvalue weighted by Gasteiger charge is 2.33. The van der Waals surface area contributed by atoms with Crippen molar-refractivity contribution in [3.8, 4) is 6.07 Å². The highest BCUT2D eigenvalue weighted by Crippen LogP contribution is 2.21. The molecule has 1 saturated heterocycles. The van der Waals surface area contributed by atoms with Crippen LogP contribution in [0.25, 0.3) is 0 Å². The highest BCUT2D eigenvalue weighted by molar-refractivity contribution is 7.89. The number of hydrogen-bond donors (Lipinski definition) is 1. The minimum absolute atomic E-state index is 0.0144. The second-order valence-corrected chi connectivity index (χ2v) is 8.48. The van der Waals surface area contributed by atoms with Crippen LogP contribution in [0.15, 0.2) is 29.2 Å². The molecule has 1 amide bonds. The first-order valence-electron chi connectivity index (χ1n) is 8.46. The number of carbonyl (C=O) groups excluding carboxylic acids is 1. The second kappa shape index (κ2) is 7.12. The zero-order valence-corrected chi connectivity index (χ0v) is 15.0.